The zero-order chi connectivity index (χ0) is 13.8. The van der Waals surface area contributed by atoms with E-state index in [1.54, 1.807) is 12.1 Å². The molecule has 1 rings (SSSR count). The van der Waals surface area contributed by atoms with Gasteiger partial charge in [0.2, 0.25) is 0 Å². The molecular weight excluding hydrogens is 300 g/mol. The van der Waals surface area contributed by atoms with E-state index in [4.69, 9.17) is 0 Å². The number of hydrogen-bond donors (Lipinski definition) is 2. The van der Waals surface area contributed by atoms with Gasteiger partial charge in [0.15, 0.2) is 0 Å². The third kappa shape index (κ3) is 3.68. The number of nitrogens with zero attached hydrogens (tertiary/aromatic N) is 1. The maximum Gasteiger partial charge on any atom is 0.292 e. The predicted molar refractivity (Wildman–Crippen MR) is 74.8 cm³/mol. The minimum atomic E-state index is -0.837. The minimum absolute atomic E-state index is 0.00718. The van der Waals surface area contributed by atoms with E-state index in [0.29, 0.717) is 18.5 Å². The topological polar surface area (TPSA) is 75.4 Å². The highest BCUT2D eigenvalue weighted by atomic mass is 79.9. The van der Waals surface area contributed by atoms with Crippen LogP contribution >= 0.6 is 15.9 Å². The molecule has 0 radical (unpaired) electrons. The third-order valence-electron chi connectivity index (χ3n) is 3.08. The lowest BCUT2D eigenvalue weighted by atomic mass is 9.97. The fraction of sp³-hybridized carbons (Fsp3) is 0.500. The molecule has 1 aromatic carbocycles. The summed E-state index contributed by atoms with van der Waals surface area (Å²) in [4.78, 5) is 10.4. The lowest BCUT2D eigenvalue weighted by Gasteiger charge is -2.25. The summed E-state index contributed by atoms with van der Waals surface area (Å²) in [5.41, 5.74) is -0.418. The molecule has 1 aromatic rings. The Morgan fingerprint density at radius 1 is 1.44 bits per heavy atom. The van der Waals surface area contributed by atoms with Crippen molar-refractivity contribution < 1.29 is 10.0 Å². The van der Waals surface area contributed by atoms with E-state index in [1.807, 2.05) is 13.8 Å². The Bertz CT molecular complexity index is 433. The van der Waals surface area contributed by atoms with E-state index in [-0.39, 0.29) is 12.2 Å². The van der Waals surface area contributed by atoms with E-state index in [0.717, 1.165) is 4.47 Å². The molecule has 0 aliphatic rings. The van der Waals surface area contributed by atoms with Gasteiger partial charge in [-0.2, -0.15) is 0 Å². The Hall–Kier alpha value is -1.14. The van der Waals surface area contributed by atoms with Crippen molar-refractivity contribution in [1.29, 1.82) is 0 Å². The maximum absolute atomic E-state index is 10.9. The number of nitrogens with one attached hydrogen (secondary N) is 1. The second kappa shape index (κ2) is 6.15. The standard InChI is InChI=1S/C12H17BrN2O3/c1-3-12(16,4-2)8-14-10-7-9(13)5-6-11(10)15(17)18/h5-7,14,16H,3-4,8H2,1-2H3. The quantitative estimate of drug-likeness (QED) is 0.623. The largest absolute Gasteiger partial charge is 0.388 e. The van der Waals surface area contributed by atoms with Crippen LogP contribution in [0.5, 0.6) is 0 Å². The lowest BCUT2D eigenvalue weighted by Crippen LogP contribution is -2.35. The third-order valence-corrected chi connectivity index (χ3v) is 3.57. The molecule has 100 valence electrons. The van der Waals surface area contributed by atoms with E-state index in [1.165, 1.54) is 6.07 Å². The van der Waals surface area contributed by atoms with Gasteiger partial charge in [-0.15, -0.1) is 0 Å². The van der Waals surface area contributed by atoms with Crippen molar-refractivity contribution in [3.63, 3.8) is 0 Å². The minimum Gasteiger partial charge on any atom is -0.388 e. The van der Waals surface area contributed by atoms with Crippen molar-refractivity contribution in [2.24, 2.45) is 0 Å². The molecular formula is C12H17BrN2O3. The first-order valence-electron chi connectivity index (χ1n) is 5.82. The zero-order valence-corrected chi connectivity index (χ0v) is 12.0. The lowest BCUT2D eigenvalue weighted by molar-refractivity contribution is -0.384. The van der Waals surface area contributed by atoms with Gasteiger partial charge in [-0.1, -0.05) is 29.8 Å². The predicted octanol–water partition coefficient (Wildman–Crippen LogP) is 3.32. The monoisotopic (exact) mass is 316 g/mol. The summed E-state index contributed by atoms with van der Waals surface area (Å²) >= 11 is 3.27. The summed E-state index contributed by atoms with van der Waals surface area (Å²) in [5.74, 6) is 0. The van der Waals surface area contributed by atoms with Crippen LogP contribution in [0, 0.1) is 10.1 Å². The van der Waals surface area contributed by atoms with Crippen LogP contribution in [-0.2, 0) is 0 Å². The first kappa shape index (κ1) is 14.9. The zero-order valence-electron chi connectivity index (χ0n) is 10.4. The Morgan fingerprint density at radius 2 is 2.06 bits per heavy atom. The van der Waals surface area contributed by atoms with Crippen LogP contribution < -0.4 is 5.32 Å². The van der Waals surface area contributed by atoms with Gasteiger partial charge in [-0.25, -0.2) is 0 Å². The maximum atomic E-state index is 10.9. The summed E-state index contributed by atoms with van der Waals surface area (Å²) in [6.45, 7) is 4.07. The van der Waals surface area contributed by atoms with Crippen LogP contribution in [0.2, 0.25) is 0 Å². The molecule has 0 fully saturated rings. The number of halogens is 1. The van der Waals surface area contributed by atoms with Crippen LogP contribution in [0.4, 0.5) is 11.4 Å². The molecule has 2 N–H and O–H groups in total. The smallest absolute Gasteiger partial charge is 0.292 e. The molecule has 0 saturated carbocycles. The number of nitro benzene ring substituents is 1. The molecule has 5 nitrogen and oxygen atoms in total. The van der Waals surface area contributed by atoms with E-state index in [2.05, 4.69) is 21.2 Å². The number of benzene rings is 1. The Morgan fingerprint density at radius 3 is 2.56 bits per heavy atom. The molecule has 0 aromatic heterocycles. The summed E-state index contributed by atoms with van der Waals surface area (Å²) in [7, 11) is 0. The highest BCUT2D eigenvalue weighted by Crippen LogP contribution is 2.28. The van der Waals surface area contributed by atoms with Crippen molar-refractivity contribution in [1.82, 2.24) is 0 Å². The molecule has 0 amide bonds. The van der Waals surface area contributed by atoms with Crippen molar-refractivity contribution >= 4 is 27.3 Å². The van der Waals surface area contributed by atoms with Crippen molar-refractivity contribution in [3.8, 4) is 0 Å². The second-order valence-corrected chi connectivity index (χ2v) is 5.12. The fourth-order valence-electron chi connectivity index (χ4n) is 1.57. The molecule has 0 unspecified atom stereocenters. The number of nitro groups is 1. The molecule has 0 aliphatic carbocycles. The van der Waals surface area contributed by atoms with Gasteiger partial charge in [0, 0.05) is 17.1 Å². The second-order valence-electron chi connectivity index (χ2n) is 4.20. The number of aliphatic hydroxyl groups is 1. The average molecular weight is 317 g/mol. The summed E-state index contributed by atoms with van der Waals surface area (Å²) in [6.07, 6.45) is 1.19. The summed E-state index contributed by atoms with van der Waals surface area (Å²) < 4.78 is 0.757. The molecule has 0 bridgehead atoms. The molecule has 0 atom stereocenters. The van der Waals surface area contributed by atoms with Gasteiger partial charge in [-0.3, -0.25) is 10.1 Å². The van der Waals surface area contributed by atoms with Gasteiger partial charge in [0.05, 0.1) is 10.5 Å². The number of anilines is 1. The van der Waals surface area contributed by atoms with Gasteiger partial charge in [0.1, 0.15) is 5.69 Å². The van der Waals surface area contributed by atoms with E-state index < -0.39 is 10.5 Å². The summed E-state index contributed by atoms with van der Waals surface area (Å²) in [5, 5.41) is 24.0. The van der Waals surface area contributed by atoms with Gasteiger partial charge >= 0.3 is 0 Å². The molecule has 0 heterocycles. The highest BCUT2D eigenvalue weighted by molar-refractivity contribution is 9.10. The van der Waals surface area contributed by atoms with Gasteiger partial charge in [-0.05, 0) is 25.0 Å². The normalized spacial score (nSPS) is 11.3. The highest BCUT2D eigenvalue weighted by Gasteiger charge is 2.23. The van der Waals surface area contributed by atoms with E-state index >= 15 is 0 Å². The van der Waals surface area contributed by atoms with E-state index in [9.17, 15) is 15.2 Å². The fourth-order valence-corrected chi connectivity index (χ4v) is 1.93. The van der Waals surface area contributed by atoms with Gasteiger partial charge in [0.25, 0.3) is 5.69 Å². The Kier molecular flexibility index (Phi) is 5.10. The molecule has 18 heavy (non-hydrogen) atoms. The van der Waals surface area contributed by atoms with Crippen LogP contribution in [0.25, 0.3) is 0 Å². The van der Waals surface area contributed by atoms with Crippen molar-refractivity contribution in [2.45, 2.75) is 32.3 Å². The summed E-state index contributed by atoms with van der Waals surface area (Å²) in [6, 6.07) is 4.70. The molecule has 0 aliphatic heterocycles. The van der Waals surface area contributed by atoms with Crippen LogP contribution in [-0.4, -0.2) is 22.2 Å². The molecule has 6 heteroatoms. The average Bonchev–Trinajstić information content (AvgIpc) is 2.35. The van der Waals surface area contributed by atoms with Gasteiger partial charge < -0.3 is 10.4 Å². The van der Waals surface area contributed by atoms with Crippen molar-refractivity contribution in [2.75, 3.05) is 11.9 Å². The SMILES string of the molecule is CCC(O)(CC)CNc1cc(Br)ccc1[N+](=O)[O-]. The van der Waals surface area contributed by atoms with Crippen LogP contribution in [0.1, 0.15) is 26.7 Å². The Balaban J connectivity index is 2.90. The van der Waals surface area contributed by atoms with Crippen LogP contribution in [0.15, 0.2) is 22.7 Å². The molecule has 0 spiro atoms. The van der Waals surface area contributed by atoms with Crippen molar-refractivity contribution in [3.05, 3.63) is 32.8 Å². The first-order chi connectivity index (χ1) is 8.41. The molecule has 0 saturated heterocycles. The number of rotatable bonds is 6. The number of hydrogen-bond acceptors (Lipinski definition) is 4. The Labute approximate surface area is 114 Å². The van der Waals surface area contributed by atoms with Crippen LogP contribution in [0.3, 0.4) is 0 Å². The first-order valence-corrected chi connectivity index (χ1v) is 6.61.